The second-order valence-corrected chi connectivity index (χ2v) is 6.24. The van der Waals surface area contributed by atoms with Crippen molar-refractivity contribution < 1.29 is 24.2 Å². The summed E-state index contributed by atoms with van der Waals surface area (Å²) in [7, 11) is 0. The number of carboxylic acid groups (broad SMARTS) is 1. The molecule has 5 heteroatoms. The summed E-state index contributed by atoms with van der Waals surface area (Å²) in [5.41, 5.74) is 0.827. The van der Waals surface area contributed by atoms with Crippen molar-refractivity contribution in [3.8, 4) is 17.6 Å². The van der Waals surface area contributed by atoms with Gasteiger partial charge in [-0.3, -0.25) is 9.59 Å². The number of benzene rings is 1. The molecule has 1 atom stereocenters. The Bertz CT molecular complexity index is 642. The SMILES string of the molecule is CCCCCCC#Cc1ccccc1OCCCC(C(=O)O)C(=O)OCC. The highest BCUT2D eigenvalue weighted by molar-refractivity contribution is 5.93. The maximum absolute atomic E-state index is 11.7. The second-order valence-electron chi connectivity index (χ2n) is 6.24. The van der Waals surface area contributed by atoms with Gasteiger partial charge in [-0.15, -0.1) is 0 Å². The number of carbonyl (C=O) groups excluding carboxylic acids is 1. The summed E-state index contributed by atoms with van der Waals surface area (Å²) in [6, 6.07) is 7.55. The summed E-state index contributed by atoms with van der Waals surface area (Å²) in [5.74, 6) is 4.01. The Morgan fingerprint density at radius 2 is 1.89 bits per heavy atom. The largest absolute Gasteiger partial charge is 0.492 e. The van der Waals surface area contributed by atoms with Crippen molar-refractivity contribution in [3.05, 3.63) is 29.8 Å². The third kappa shape index (κ3) is 9.14. The van der Waals surface area contributed by atoms with Gasteiger partial charge in [0.25, 0.3) is 0 Å². The van der Waals surface area contributed by atoms with Gasteiger partial charge in [0.05, 0.1) is 18.8 Å². The van der Waals surface area contributed by atoms with Crippen LogP contribution in [0.15, 0.2) is 24.3 Å². The topological polar surface area (TPSA) is 72.8 Å². The minimum absolute atomic E-state index is 0.170. The molecule has 0 amide bonds. The maximum Gasteiger partial charge on any atom is 0.320 e. The predicted molar refractivity (Wildman–Crippen MR) is 105 cm³/mol. The quantitative estimate of drug-likeness (QED) is 0.254. The number of rotatable bonds is 12. The molecule has 5 nitrogen and oxygen atoms in total. The van der Waals surface area contributed by atoms with E-state index < -0.39 is 17.9 Å². The molecule has 1 aromatic rings. The van der Waals surface area contributed by atoms with Crippen molar-refractivity contribution in [1.29, 1.82) is 0 Å². The zero-order valence-corrected chi connectivity index (χ0v) is 16.3. The smallest absolute Gasteiger partial charge is 0.320 e. The molecular formula is C22H30O5. The molecule has 0 aliphatic carbocycles. The molecule has 0 heterocycles. The molecule has 0 saturated heterocycles. The van der Waals surface area contributed by atoms with E-state index in [0.717, 1.165) is 18.4 Å². The number of unbranched alkanes of at least 4 members (excludes halogenated alkanes) is 4. The van der Waals surface area contributed by atoms with E-state index >= 15 is 0 Å². The minimum Gasteiger partial charge on any atom is -0.492 e. The number of ether oxygens (including phenoxy) is 2. The first-order valence-corrected chi connectivity index (χ1v) is 9.70. The van der Waals surface area contributed by atoms with Crippen LogP contribution in [0.3, 0.4) is 0 Å². The zero-order chi connectivity index (χ0) is 19.9. The van der Waals surface area contributed by atoms with E-state index in [-0.39, 0.29) is 13.0 Å². The van der Waals surface area contributed by atoms with Gasteiger partial charge in [-0.05, 0) is 38.3 Å². The highest BCUT2D eigenvalue weighted by Crippen LogP contribution is 2.18. The van der Waals surface area contributed by atoms with Crippen LogP contribution in [-0.2, 0) is 14.3 Å². The average molecular weight is 374 g/mol. The van der Waals surface area contributed by atoms with Crippen LogP contribution in [0.5, 0.6) is 5.75 Å². The van der Waals surface area contributed by atoms with Gasteiger partial charge >= 0.3 is 11.9 Å². The van der Waals surface area contributed by atoms with Gasteiger partial charge in [0.2, 0.25) is 0 Å². The predicted octanol–water partition coefficient (Wildman–Crippen LogP) is 4.43. The van der Waals surface area contributed by atoms with Crippen LogP contribution >= 0.6 is 0 Å². The number of carbonyl (C=O) groups is 2. The fraction of sp³-hybridized carbons (Fsp3) is 0.545. The van der Waals surface area contributed by atoms with Gasteiger partial charge in [0.15, 0.2) is 5.92 Å². The molecule has 0 fully saturated rings. The molecule has 0 bridgehead atoms. The monoisotopic (exact) mass is 374 g/mol. The lowest BCUT2D eigenvalue weighted by Gasteiger charge is -2.12. The Morgan fingerprint density at radius 3 is 2.59 bits per heavy atom. The van der Waals surface area contributed by atoms with Crippen LogP contribution in [0.2, 0.25) is 0 Å². The average Bonchev–Trinajstić information content (AvgIpc) is 2.65. The molecule has 0 aliphatic heterocycles. The maximum atomic E-state index is 11.7. The highest BCUT2D eigenvalue weighted by atomic mass is 16.5. The van der Waals surface area contributed by atoms with Crippen molar-refractivity contribution in [1.82, 2.24) is 0 Å². The fourth-order valence-electron chi connectivity index (χ4n) is 2.55. The Morgan fingerprint density at radius 1 is 1.11 bits per heavy atom. The summed E-state index contributed by atoms with van der Waals surface area (Å²) < 4.78 is 10.6. The van der Waals surface area contributed by atoms with Crippen LogP contribution in [0.1, 0.15) is 64.4 Å². The molecule has 1 unspecified atom stereocenters. The van der Waals surface area contributed by atoms with E-state index in [4.69, 9.17) is 14.6 Å². The van der Waals surface area contributed by atoms with Gasteiger partial charge < -0.3 is 14.6 Å². The van der Waals surface area contributed by atoms with E-state index in [0.29, 0.717) is 18.8 Å². The molecule has 0 aromatic heterocycles. The lowest BCUT2D eigenvalue weighted by atomic mass is 10.0. The van der Waals surface area contributed by atoms with E-state index in [1.54, 1.807) is 6.92 Å². The molecule has 1 rings (SSSR count). The summed E-state index contributed by atoms with van der Waals surface area (Å²) in [6.45, 7) is 4.33. The molecule has 1 N–H and O–H groups in total. The molecular weight excluding hydrogens is 344 g/mol. The Hall–Kier alpha value is -2.48. The molecule has 0 saturated carbocycles. The van der Waals surface area contributed by atoms with Crippen LogP contribution in [-0.4, -0.2) is 30.3 Å². The van der Waals surface area contributed by atoms with Gasteiger partial charge in [-0.25, -0.2) is 0 Å². The van der Waals surface area contributed by atoms with Crippen molar-refractivity contribution in [2.24, 2.45) is 5.92 Å². The highest BCUT2D eigenvalue weighted by Gasteiger charge is 2.27. The summed E-state index contributed by atoms with van der Waals surface area (Å²) in [4.78, 5) is 22.8. The first-order chi connectivity index (χ1) is 13.1. The van der Waals surface area contributed by atoms with Crippen molar-refractivity contribution in [2.45, 2.75) is 58.8 Å². The van der Waals surface area contributed by atoms with E-state index in [1.807, 2.05) is 24.3 Å². The molecule has 0 aliphatic rings. The Balaban J connectivity index is 2.49. The lowest BCUT2D eigenvalue weighted by Crippen LogP contribution is -2.26. The molecule has 0 spiro atoms. The van der Waals surface area contributed by atoms with E-state index in [9.17, 15) is 9.59 Å². The van der Waals surface area contributed by atoms with E-state index in [1.165, 1.54) is 19.3 Å². The van der Waals surface area contributed by atoms with Crippen LogP contribution in [0.4, 0.5) is 0 Å². The first kappa shape index (κ1) is 22.6. The molecule has 1 aromatic carbocycles. The number of para-hydroxylation sites is 1. The van der Waals surface area contributed by atoms with Crippen molar-refractivity contribution >= 4 is 11.9 Å². The zero-order valence-electron chi connectivity index (χ0n) is 16.3. The van der Waals surface area contributed by atoms with Gasteiger partial charge in [-0.1, -0.05) is 50.2 Å². The van der Waals surface area contributed by atoms with Crippen molar-refractivity contribution in [3.63, 3.8) is 0 Å². The van der Waals surface area contributed by atoms with E-state index in [2.05, 4.69) is 18.8 Å². The summed E-state index contributed by atoms with van der Waals surface area (Å²) >= 11 is 0. The Labute approximate surface area is 162 Å². The van der Waals surface area contributed by atoms with Crippen LogP contribution in [0.25, 0.3) is 0 Å². The Kier molecular flexibility index (Phi) is 11.4. The second kappa shape index (κ2) is 13.7. The number of esters is 1. The number of carboxylic acids is 1. The fourth-order valence-corrected chi connectivity index (χ4v) is 2.55. The van der Waals surface area contributed by atoms with Gasteiger partial charge in [-0.2, -0.15) is 0 Å². The molecule has 0 radical (unpaired) electrons. The molecule has 27 heavy (non-hydrogen) atoms. The first-order valence-electron chi connectivity index (χ1n) is 9.70. The summed E-state index contributed by atoms with van der Waals surface area (Å²) in [5, 5.41) is 9.15. The van der Waals surface area contributed by atoms with Crippen LogP contribution in [0, 0.1) is 17.8 Å². The van der Waals surface area contributed by atoms with Gasteiger partial charge in [0, 0.05) is 6.42 Å². The standard InChI is InChI=1S/C22H30O5/c1-3-5-6-7-8-9-13-18-14-10-11-16-20(18)27-17-12-15-19(21(23)24)22(25)26-4-2/h10-11,14,16,19H,3-8,12,15,17H2,1-2H3,(H,23,24). The molecule has 148 valence electrons. The lowest BCUT2D eigenvalue weighted by molar-refractivity contribution is -0.158. The van der Waals surface area contributed by atoms with Gasteiger partial charge in [0.1, 0.15) is 5.75 Å². The summed E-state index contributed by atoms with van der Waals surface area (Å²) in [6.07, 6.45) is 6.25. The van der Waals surface area contributed by atoms with Crippen LogP contribution < -0.4 is 4.74 Å². The third-order valence-corrected chi connectivity index (χ3v) is 4.03. The number of aliphatic carboxylic acids is 1. The normalized spacial score (nSPS) is 11.2. The number of hydrogen-bond acceptors (Lipinski definition) is 4. The third-order valence-electron chi connectivity index (χ3n) is 4.03. The minimum atomic E-state index is -1.16. The number of hydrogen-bond donors (Lipinski definition) is 1. The van der Waals surface area contributed by atoms with Crippen molar-refractivity contribution in [2.75, 3.05) is 13.2 Å².